The van der Waals surface area contributed by atoms with Crippen LogP contribution < -0.4 is 4.90 Å². The maximum absolute atomic E-state index is 14.6. The Hall–Kier alpha value is -2.97. The SMILES string of the molecule is C=CCCOC(=O)[C@@H]1[C@@H]2CCC3(O2)C(C(=O)N(CC=C)c2cc(C)ccc2C)N([C@@H](CO)C(C)C)C(=O)[C@H]13. The van der Waals surface area contributed by atoms with Gasteiger partial charge in [0.2, 0.25) is 5.91 Å². The number of aliphatic hydroxyl groups excluding tert-OH is 1. The number of esters is 1. The molecule has 3 aliphatic heterocycles. The summed E-state index contributed by atoms with van der Waals surface area (Å²) < 4.78 is 12.0. The lowest BCUT2D eigenvalue weighted by atomic mass is 9.70. The highest BCUT2D eigenvalue weighted by Crippen LogP contribution is 2.59. The Morgan fingerprint density at radius 2 is 2.03 bits per heavy atom. The predicted molar refractivity (Wildman–Crippen MR) is 144 cm³/mol. The van der Waals surface area contributed by atoms with Crippen LogP contribution in [0.15, 0.2) is 43.5 Å². The van der Waals surface area contributed by atoms with Crippen molar-refractivity contribution < 1.29 is 29.0 Å². The second kappa shape index (κ2) is 11.0. The second-order valence-electron chi connectivity index (χ2n) is 11.1. The fraction of sp³-hybridized carbons (Fsp3) is 0.567. The second-order valence-corrected chi connectivity index (χ2v) is 11.1. The van der Waals surface area contributed by atoms with Crippen LogP contribution in [0.5, 0.6) is 0 Å². The Morgan fingerprint density at radius 1 is 1.29 bits per heavy atom. The monoisotopic (exact) mass is 524 g/mol. The van der Waals surface area contributed by atoms with Crippen molar-refractivity contribution in [2.45, 2.75) is 70.7 Å². The van der Waals surface area contributed by atoms with Crippen LogP contribution in [0.3, 0.4) is 0 Å². The molecule has 1 aromatic carbocycles. The molecule has 2 unspecified atom stereocenters. The summed E-state index contributed by atoms with van der Waals surface area (Å²) in [6.07, 6.45) is 4.38. The number of fused-ring (bicyclic) bond motifs is 1. The van der Waals surface area contributed by atoms with E-state index in [-0.39, 0.29) is 37.5 Å². The van der Waals surface area contributed by atoms with Crippen LogP contribution in [-0.2, 0) is 23.9 Å². The number of carbonyl (C=O) groups is 3. The summed E-state index contributed by atoms with van der Waals surface area (Å²) in [5, 5.41) is 10.4. The molecular formula is C30H40N2O6. The van der Waals surface area contributed by atoms with Gasteiger partial charge in [0.1, 0.15) is 11.6 Å². The van der Waals surface area contributed by atoms with Gasteiger partial charge in [0, 0.05) is 12.2 Å². The van der Waals surface area contributed by atoms with Gasteiger partial charge in [-0.05, 0) is 56.2 Å². The third-order valence-electron chi connectivity index (χ3n) is 8.36. The lowest BCUT2D eigenvalue weighted by molar-refractivity contribution is -0.156. The lowest BCUT2D eigenvalue weighted by Gasteiger charge is -2.40. The van der Waals surface area contributed by atoms with Crippen LogP contribution in [0.1, 0.15) is 44.2 Å². The average Bonchev–Trinajstić information content (AvgIpc) is 3.52. The number of hydrogen-bond acceptors (Lipinski definition) is 6. The van der Waals surface area contributed by atoms with E-state index in [9.17, 15) is 19.5 Å². The van der Waals surface area contributed by atoms with E-state index in [0.717, 1.165) is 16.8 Å². The summed E-state index contributed by atoms with van der Waals surface area (Å²) >= 11 is 0. The van der Waals surface area contributed by atoms with Crippen molar-refractivity contribution in [3.05, 3.63) is 54.6 Å². The molecule has 3 saturated heterocycles. The number of anilines is 1. The van der Waals surface area contributed by atoms with E-state index < -0.39 is 41.6 Å². The van der Waals surface area contributed by atoms with Crippen LogP contribution >= 0.6 is 0 Å². The normalized spacial score (nSPS) is 28.4. The van der Waals surface area contributed by atoms with E-state index in [1.54, 1.807) is 17.1 Å². The first kappa shape index (κ1) is 28.0. The predicted octanol–water partition coefficient (Wildman–Crippen LogP) is 3.33. The Bertz CT molecular complexity index is 1120. The fourth-order valence-corrected chi connectivity index (χ4v) is 6.55. The maximum Gasteiger partial charge on any atom is 0.312 e. The number of likely N-dealkylation sites (tertiary alicyclic amines) is 1. The third-order valence-corrected chi connectivity index (χ3v) is 8.36. The number of hydrogen-bond donors (Lipinski definition) is 1. The van der Waals surface area contributed by atoms with Crippen molar-refractivity contribution in [3.63, 3.8) is 0 Å². The molecule has 1 spiro atoms. The molecule has 3 aliphatic rings. The molecule has 38 heavy (non-hydrogen) atoms. The number of carbonyl (C=O) groups excluding carboxylic acids is 3. The molecule has 2 bridgehead atoms. The van der Waals surface area contributed by atoms with Gasteiger partial charge < -0.3 is 24.4 Å². The van der Waals surface area contributed by atoms with E-state index in [1.807, 2.05) is 45.9 Å². The molecule has 6 atom stereocenters. The zero-order valence-corrected chi connectivity index (χ0v) is 22.9. The smallest absolute Gasteiger partial charge is 0.312 e. The van der Waals surface area contributed by atoms with Crippen molar-refractivity contribution in [2.75, 3.05) is 24.7 Å². The van der Waals surface area contributed by atoms with Crippen LogP contribution in [0.2, 0.25) is 0 Å². The number of amides is 2. The molecule has 0 aliphatic carbocycles. The van der Waals surface area contributed by atoms with Gasteiger partial charge in [0.05, 0.1) is 37.2 Å². The number of aryl methyl sites for hydroxylation is 2. The van der Waals surface area contributed by atoms with Crippen molar-refractivity contribution >= 4 is 23.5 Å². The van der Waals surface area contributed by atoms with Crippen LogP contribution in [0.25, 0.3) is 0 Å². The standard InChI is InChI=1S/C30H40N2O6/c1-7-9-15-37-29(36)24-23-12-13-30(38-23)25(24)27(34)32(22(17-33)18(3)4)26(30)28(35)31(14-8-2)21-16-19(5)10-11-20(21)6/h7-8,10-11,16,18,22-26,33H,1-2,9,12-15,17H2,3-6H3/t22-,23-,24+,25-,26?,30?/m0/s1. The number of ether oxygens (including phenoxy) is 2. The molecule has 4 rings (SSSR count). The quantitative estimate of drug-likeness (QED) is 0.271. The molecular weight excluding hydrogens is 484 g/mol. The van der Waals surface area contributed by atoms with Crippen molar-refractivity contribution in [1.29, 1.82) is 0 Å². The summed E-state index contributed by atoms with van der Waals surface area (Å²) in [4.78, 5) is 45.2. The Kier molecular flexibility index (Phi) is 8.14. The highest BCUT2D eigenvalue weighted by molar-refractivity contribution is 6.05. The van der Waals surface area contributed by atoms with E-state index in [1.165, 1.54) is 4.90 Å². The molecule has 0 aromatic heterocycles. The molecule has 3 fully saturated rings. The van der Waals surface area contributed by atoms with E-state index in [2.05, 4.69) is 13.2 Å². The maximum atomic E-state index is 14.6. The molecule has 1 aromatic rings. The Labute approximate surface area is 225 Å². The number of benzene rings is 1. The minimum Gasteiger partial charge on any atom is -0.465 e. The first-order valence-electron chi connectivity index (χ1n) is 13.5. The number of rotatable bonds is 11. The van der Waals surface area contributed by atoms with E-state index >= 15 is 0 Å². The molecule has 2 amide bonds. The van der Waals surface area contributed by atoms with Crippen LogP contribution in [0.4, 0.5) is 5.69 Å². The van der Waals surface area contributed by atoms with Crippen molar-refractivity contribution in [3.8, 4) is 0 Å². The summed E-state index contributed by atoms with van der Waals surface area (Å²) in [6, 6.07) is 4.30. The zero-order valence-electron chi connectivity index (χ0n) is 22.9. The number of nitrogens with zero attached hydrogens (tertiary/aromatic N) is 2. The largest absolute Gasteiger partial charge is 0.465 e. The van der Waals surface area contributed by atoms with Gasteiger partial charge in [0.25, 0.3) is 5.91 Å². The van der Waals surface area contributed by atoms with Gasteiger partial charge in [-0.25, -0.2) is 0 Å². The summed E-state index contributed by atoms with van der Waals surface area (Å²) in [5.41, 5.74) is 1.48. The van der Waals surface area contributed by atoms with Gasteiger partial charge in [-0.15, -0.1) is 13.2 Å². The highest BCUT2D eigenvalue weighted by Gasteiger charge is 2.75. The number of aliphatic hydroxyl groups is 1. The van der Waals surface area contributed by atoms with Gasteiger partial charge in [-0.2, -0.15) is 0 Å². The fourth-order valence-electron chi connectivity index (χ4n) is 6.55. The first-order valence-corrected chi connectivity index (χ1v) is 13.5. The Balaban J connectivity index is 1.81. The molecule has 1 N–H and O–H groups in total. The molecule has 3 heterocycles. The van der Waals surface area contributed by atoms with Crippen LogP contribution in [-0.4, -0.2) is 71.3 Å². The summed E-state index contributed by atoms with van der Waals surface area (Å²) in [7, 11) is 0. The van der Waals surface area contributed by atoms with Crippen molar-refractivity contribution in [2.24, 2.45) is 17.8 Å². The lowest BCUT2D eigenvalue weighted by Crippen LogP contribution is -2.60. The van der Waals surface area contributed by atoms with Gasteiger partial charge >= 0.3 is 5.97 Å². The summed E-state index contributed by atoms with van der Waals surface area (Å²) in [6.45, 7) is 15.4. The topological polar surface area (TPSA) is 96.4 Å². The Morgan fingerprint density at radius 3 is 2.66 bits per heavy atom. The van der Waals surface area contributed by atoms with Gasteiger partial charge in [0.15, 0.2) is 0 Å². The molecule has 0 saturated carbocycles. The highest BCUT2D eigenvalue weighted by atomic mass is 16.6. The van der Waals surface area contributed by atoms with Crippen LogP contribution in [0, 0.1) is 31.6 Å². The van der Waals surface area contributed by atoms with E-state index in [0.29, 0.717) is 19.3 Å². The molecule has 206 valence electrons. The molecule has 8 heteroatoms. The minimum absolute atomic E-state index is 0.127. The average molecular weight is 525 g/mol. The van der Waals surface area contributed by atoms with E-state index in [4.69, 9.17) is 9.47 Å². The zero-order chi connectivity index (χ0) is 27.8. The minimum atomic E-state index is -1.17. The molecule has 0 radical (unpaired) electrons. The van der Waals surface area contributed by atoms with Crippen molar-refractivity contribution in [1.82, 2.24) is 4.90 Å². The summed E-state index contributed by atoms with van der Waals surface area (Å²) in [5.74, 6) is -2.87. The first-order chi connectivity index (χ1) is 18.1. The van der Waals surface area contributed by atoms with Gasteiger partial charge in [-0.3, -0.25) is 14.4 Å². The molecule has 8 nitrogen and oxygen atoms in total. The third kappa shape index (κ3) is 4.47. The van der Waals surface area contributed by atoms with Gasteiger partial charge in [-0.1, -0.05) is 38.1 Å².